The second-order valence-corrected chi connectivity index (χ2v) is 8.46. The zero-order chi connectivity index (χ0) is 18.0. The van der Waals surface area contributed by atoms with Gasteiger partial charge in [-0.15, -0.1) is 0 Å². The van der Waals surface area contributed by atoms with Crippen molar-refractivity contribution < 1.29 is 21.6 Å². The molecule has 8 heteroatoms. The summed E-state index contributed by atoms with van der Waals surface area (Å²) in [6, 6.07) is 7.61. The van der Waals surface area contributed by atoms with Crippen molar-refractivity contribution in [2.24, 2.45) is 0 Å². The summed E-state index contributed by atoms with van der Waals surface area (Å²) in [5, 5.41) is 3.34. The molecule has 0 saturated heterocycles. The van der Waals surface area contributed by atoms with Crippen LogP contribution >= 0.6 is 11.3 Å². The van der Waals surface area contributed by atoms with Crippen molar-refractivity contribution in [2.45, 2.75) is 37.4 Å². The molecule has 0 unspecified atom stereocenters. The molecule has 2 rings (SSSR count). The molecule has 132 valence electrons. The van der Waals surface area contributed by atoms with Gasteiger partial charge in [-0.25, -0.2) is 8.42 Å². The van der Waals surface area contributed by atoms with E-state index in [2.05, 4.69) is 0 Å². The minimum Gasteiger partial charge on any atom is -0.207 e. The van der Waals surface area contributed by atoms with Gasteiger partial charge in [0, 0.05) is 6.54 Å². The molecule has 0 amide bonds. The fraction of sp³-hybridized carbons (Fsp3) is 0.375. The van der Waals surface area contributed by atoms with Crippen LogP contribution in [0.5, 0.6) is 0 Å². The molecule has 0 aliphatic carbocycles. The number of hydrogen-bond acceptors (Lipinski definition) is 3. The average Bonchev–Trinajstić information content (AvgIpc) is 2.98. The molecule has 2 aromatic rings. The molecule has 0 atom stereocenters. The average molecular weight is 377 g/mol. The van der Waals surface area contributed by atoms with Crippen LogP contribution in [-0.4, -0.2) is 25.4 Å². The number of rotatable bonds is 6. The van der Waals surface area contributed by atoms with Crippen LogP contribution in [0.25, 0.3) is 0 Å². The molecular weight excluding hydrogens is 359 g/mol. The fourth-order valence-corrected chi connectivity index (χ4v) is 4.26. The second kappa shape index (κ2) is 7.25. The SMILES string of the molecule is CC(C)c1ccc(S(=O)(=O)N(Cc2ccsc2)CC(F)(F)F)cc1. The van der Waals surface area contributed by atoms with Crippen molar-refractivity contribution >= 4 is 21.4 Å². The monoisotopic (exact) mass is 377 g/mol. The second-order valence-electron chi connectivity index (χ2n) is 5.74. The summed E-state index contributed by atoms with van der Waals surface area (Å²) in [7, 11) is -4.23. The van der Waals surface area contributed by atoms with Gasteiger partial charge in [-0.05, 0) is 46.0 Å². The van der Waals surface area contributed by atoms with E-state index in [-0.39, 0.29) is 17.4 Å². The maximum Gasteiger partial charge on any atom is 0.402 e. The Bertz CT molecular complexity index is 752. The molecule has 0 bridgehead atoms. The molecule has 24 heavy (non-hydrogen) atoms. The Morgan fingerprint density at radius 1 is 1.12 bits per heavy atom. The minimum atomic E-state index is -4.61. The maximum absolute atomic E-state index is 12.8. The van der Waals surface area contributed by atoms with Gasteiger partial charge in [-0.1, -0.05) is 26.0 Å². The highest BCUT2D eigenvalue weighted by Gasteiger charge is 2.37. The van der Waals surface area contributed by atoms with Crippen LogP contribution in [0, 0.1) is 0 Å². The van der Waals surface area contributed by atoms with Gasteiger partial charge in [-0.3, -0.25) is 0 Å². The summed E-state index contributed by atoms with van der Waals surface area (Å²) >= 11 is 1.31. The normalized spacial score (nSPS) is 13.0. The van der Waals surface area contributed by atoms with E-state index in [4.69, 9.17) is 0 Å². The van der Waals surface area contributed by atoms with Crippen molar-refractivity contribution in [1.82, 2.24) is 4.31 Å². The Labute approximate surface area is 143 Å². The van der Waals surface area contributed by atoms with E-state index in [9.17, 15) is 21.6 Å². The summed E-state index contributed by atoms with van der Waals surface area (Å²) in [6.07, 6.45) is -4.61. The van der Waals surface area contributed by atoms with Crippen LogP contribution < -0.4 is 0 Å². The molecule has 0 N–H and O–H groups in total. The Kier molecular flexibility index (Phi) is 5.72. The first-order valence-electron chi connectivity index (χ1n) is 7.27. The van der Waals surface area contributed by atoms with Gasteiger partial charge in [0.25, 0.3) is 0 Å². The molecular formula is C16H18F3NO2S2. The molecule has 1 aromatic heterocycles. The van der Waals surface area contributed by atoms with E-state index in [0.717, 1.165) is 5.56 Å². The third-order valence-electron chi connectivity index (χ3n) is 3.48. The van der Waals surface area contributed by atoms with Gasteiger partial charge in [0.05, 0.1) is 4.90 Å². The topological polar surface area (TPSA) is 37.4 Å². The lowest BCUT2D eigenvalue weighted by molar-refractivity contribution is -0.136. The lowest BCUT2D eigenvalue weighted by Crippen LogP contribution is -2.38. The first-order valence-corrected chi connectivity index (χ1v) is 9.66. The van der Waals surface area contributed by atoms with Crippen molar-refractivity contribution in [2.75, 3.05) is 6.54 Å². The van der Waals surface area contributed by atoms with Gasteiger partial charge in [-0.2, -0.15) is 28.8 Å². The summed E-state index contributed by atoms with van der Waals surface area (Å²) in [6.45, 7) is 2.08. The molecule has 0 saturated carbocycles. The number of benzene rings is 1. The van der Waals surface area contributed by atoms with Gasteiger partial charge >= 0.3 is 6.18 Å². The molecule has 0 fully saturated rings. The maximum atomic E-state index is 12.8. The Morgan fingerprint density at radius 2 is 1.75 bits per heavy atom. The van der Waals surface area contributed by atoms with Gasteiger partial charge in [0.1, 0.15) is 6.54 Å². The number of halogens is 3. The van der Waals surface area contributed by atoms with Gasteiger partial charge in [0.2, 0.25) is 10.0 Å². The van der Waals surface area contributed by atoms with Crippen LogP contribution in [0.15, 0.2) is 46.0 Å². The lowest BCUT2D eigenvalue weighted by atomic mass is 10.0. The molecule has 3 nitrogen and oxygen atoms in total. The molecule has 1 heterocycles. The largest absolute Gasteiger partial charge is 0.402 e. The van der Waals surface area contributed by atoms with Crippen LogP contribution in [0.2, 0.25) is 0 Å². The fourth-order valence-electron chi connectivity index (χ4n) is 2.19. The summed E-state index contributed by atoms with van der Waals surface area (Å²) < 4.78 is 64.3. The molecule has 1 aromatic carbocycles. The quantitative estimate of drug-likeness (QED) is 0.736. The zero-order valence-electron chi connectivity index (χ0n) is 13.2. The van der Waals surface area contributed by atoms with E-state index in [1.807, 2.05) is 13.8 Å². The molecule has 0 spiro atoms. The van der Waals surface area contributed by atoms with Crippen LogP contribution in [0.4, 0.5) is 13.2 Å². The summed E-state index contributed by atoms with van der Waals surface area (Å²) in [5.74, 6) is 0.207. The minimum absolute atomic E-state index is 0.133. The Morgan fingerprint density at radius 3 is 2.21 bits per heavy atom. The lowest BCUT2D eigenvalue weighted by Gasteiger charge is -2.23. The predicted molar refractivity (Wildman–Crippen MR) is 88.5 cm³/mol. The number of thiophene rings is 1. The zero-order valence-corrected chi connectivity index (χ0v) is 14.9. The van der Waals surface area contributed by atoms with Crippen LogP contribution in [0.3, 0.4) is 0 Å². The number of nitrogens with zero attached hydrogens (tertiary/aromatic N) is 1. The smallest absolute Gasteiger partial charge is 0.207 e. The number of alkyl halides is 3. The van der Waals surface area contributed by atoms with Crippen LogP contribution in [0.1, 0.15) is 30.9 Å². The summed E-state index contributed by atoms with van der Waals surface area (Å²) in [4.78, 5) is -0.133. The first-order chi connectivity index (χ1) is 11.1. The third-order valence-corrected chi connectivity index (χ3v) is 6.02. The van der Waals surface area contributed by atoms with E-state index in [1.54, 1.807) is 29.0 Å². The van der Waals surface area contributed by atoms with Gasteiger partial charge in [0.15, 0.2) is 0 Å². The standard InChI is InChI=1S/C16H18F3NO2S2/c1-12(2)14-3-5-15(6-4-14)24(21,22)20(11-16(17,18)19)9-13-7-8-23-10-13/h3-8,10,12H,9,11H2,1-2H3. The number of hydrogen-bond donors (Lipinski definition) is 0. The molecule has 0 radical (unpaired) electrons. The first kappa shape index (κ1) is 19.0. The van der Waals surface area contributed by atoms with Gasteiger partial charge < -0.3 is 0 Å². The Balaban J connectivity index is 2.34. The van der Waals surface area contributed by atoms with Crippen molar-refractivity contribution in [1.29, 1.82) is 0 Å². The highest BCUT2D eigenvalue weighted by Crippen LogP contribution is 2.26. The number of sulfonamides is 1. The van der Waals surface area contributed by atoms with E-state index in [1.165, 1.54) is 23.5 Å². The highest BCUT2D eigenvalue weighted by molar-refractivity contribution is 7.89. The van der Waals surface area contributed by atoms with Crippen molar-refractivity contribution in [3.8, 4) is 0 Å². The Hall–Kier alpha value is -1.38. The van der Waals surface area contributed by atoms with E-state index < -0.39 is 22.7 Å². The molecule has 0 aliphatic rings. The molecule has 0 aliphatic heterocycles. The predicted octanol–water partition coefficient (Wildman–Crippen LogP) is 4.62. The summed E-state index contributed by atoms with van der Waals surface area (Å²) in [5.41, 5.74) is 1.46. The highest BCUT2D eigenvalue weighted by atomic mass is 32.2. The third kappa shape index (κ3) is 4.81. The van der Waals surface area contributed by atoms with E-state index >= 15 is 0 Å². The van der Waals surface area contributed by atoms with Crippen molar-refractivity contribution in [3.05, 3.63) is 52.2 Å². The van der Waals surface area contributed by atoms with Crippen molar-refractivity contribution in [3.63, 3.8) is 0 Å². The van der Waals surface area contributed by atoms with Crippen LogP contribution in [-0.2, 0) is 16.6 Å². The van der Waals surface area contributed by atoms with E-state index in [0.29, 0.717) is 9.87 Å².